The van der Waals surface area contributed by atoms with E-state index in [0.29, 0.717) is 47.4 Å². The van der Waals surface area contributed by atoms with Gasteiger partial charge in [0, 0.05) is 17.6 Å². The first kappa shape index (κ1) is 24.0. The van der Waals surface area contributed by atoms with E-state index in [1.165, 1.54) is 7.11 Å². The molecule has 0 aromatic heterocycles. The summed E-state index contributed by atoms with van der Waals surface area (Å²) >= 11 is 5.91. The largest absolute Gasteiger partial charge is 0.493 e. The molecule has 1 unspecified atom stereocenters. The van der Waals surface area contributed by atoms with Gasteiger partial charge in [-0.2, -0.15) is 0 Å². The van der Waals surface area contributed by atoms with Crippen molar-refractivity contribution in [3.8, 4) is 41.9 Å². The van der Waals surface area contributed by atoms with Gasteiger partial charge in [-0.15, -0.1) is 12.8 Å². The number of amides is 1. The number of nitrogens with one attached hydrogen (secondary N) is 1. The Hall–Kier alpha value is -3.32. The van der Waals surface area contributed by atoms with Crippen molar-refractivity contribution >= 4 is 17.5 Å². The van der Waals surface area contributed by atoms with Gasteiger partial charge in [-0.05, 0) is 36.2 Å². The Morgan fingerprint density at radius 3 is 2.48 bits per heavy atom. The molecule has 1 amide bonds. The van der Waals surface area contributed by atoms with Crippen molar-refractivity contribution in [2.75, 3.05) is 33.5 Å². The molecule has 2 aromatic carbocycles. The maximum atomic E-state index is 12.6. The van der Waals surface area contributed by atoms with Gasteiger partial charge in [0.1, 0.15) is 19.0 Å². The maximum Gasteiger partial charge on any atom is 0.253 e. The van der Waals surface area contributed by atoms with Crippen molar-refractivity contribution < 1.29 is 23.7 Å². The number of hydrogen-bond donors (Lipinski definition) is 1. The molecule has 6 nitrogen and oxygen atoms in total. The Kier molecular flexibility index (Phi) is 10.1. The van der Waals surface area contributed by atoms with Crippen molar-refractivity contribution in [3.05, 3.63) is 53.1 Å². The summed E-state index contributed by atoms with van der Waals surface area (Å²) in [7, 11) is 1.54. The molecule has 162 valence electrons. The van der Waals surface area contributed by atoms with Crippen molar-refractivity contribution in [2.24, 2.45) is 0 Å². The molecule has 1 atom stereocenters. The minimum absolute atomic E-state index is 0.0205. The number of benzene rings is 2. The quantitative estimate of drug-likeness (QED) is 0.402. The summed E-state index contributed by atoms with van der Waals surface area (Å²) in [6, 6.07) is 12.1. The normalized spacial score (nSPS) is 11.0. The van der Waals surface area contributed by atoms with Crippen LogP contribution < -0.4 is 19.5 Å². The van der Waals surface area contributed by atoms with Gasteiger partial charge in [0.05, 0.1) is 13.7 Å². The fourth-order valence-electron chi connectivity index (χ4n) is 2.64. The molecule has 0 bridgehead atoms. The highest BCUT2D eigenvalue weighted by Crippen LogP contribution is 2.31. The van der Waals surface area contributed by atoms with E-state index in [4.69, 9.17) is 43.4 Å². The maximum absolute atomic E-state index is 12.6. The van der Waals surface area contributed by atoms with Crippen molar-refractivity contribution in [3.63, 3.8) is 0 Å². The minimum Gasteiger partial charge on any atom is -0.493 e. The summed E-state index contributed by atoms with van der Waals surface area (Å²) in [5.41, 5.74) is 0.674. The van der Waals surface area contributed by atoms with E-state index in [1.807, 2.05) is 0 Å². The molecule has 2 aromatic rings. The van der Waals surface area contributed by atoms with Crippen LogP contribution in [0.1, 0.15) is 18.1 Å². The number of carbonyl (C=O) groups excluding carboxylic acids is 1. The van der Waals surface area contributed by atoms with E-state index in [0.717, 1.165) is 0 Å². The van der Waals surface area contributed by atoms with E-state index in [9.17, 15) is 4.79 Å². The number of carbonyl (C=O) groups is 1. The van der Waals surface area contributed by atoms with Crippen molar-refractivity contribution in [2.45, 2.75) is 12.5 Å². The molecule has 0 heterocycles. The van der Waals surface area contributed by atoms with Crippen LogP contribution in [0.2, 0.25) is 5.02 Å². The van der Waals surface area contributed by atoms with Crippen LogP contribution in [-0.4, -0.2) is 39.4 Å². The Morgan fingerprint density at radius 1 is 1.06 bits per heavy atom. The molecule has 0 radical (unpaired) electrons. The van der Waals surface area contributed by atoms with Crippen LogP contribution in [0.25, 0.3) is 0 Å². The molecule has 0 spiro atoms. The van der Waals surface area contributed by atoms with Crippen LogP contribution in [0.5, 0.6) is 17.2 Å². The third-order valence-corrected chi connectivity index (χ3v) is 4.33. The number of terminal acetylenes is 2. The second-order valence-electron chi connectivity index (χ2n) is 6.25. The Labute approximate surface area is 187 Å². The van der Waals surface area contributed by atoms with Crippen LogP contribution in [0.4, 0.5) is 0 Å². The molecule has 0 aliphatic carbocycles. The van der Waals surface area contributed by atoms with Crippen LogP contribution in [0.3, 0.4) is 0 Å². The molecule has 0 saturated carbocycles. The summed E-state index contributed by atoms with van der Waals surface area (Å²) in [4.78, 5) is 12.6. The second kappa shape index (κ2) is 13.1. The zero-order valence-electron chi connectivity index (χ0n) is 17.2. The molecule has 1 N–H and O–H groups in total. The first-order chi connectivity index (χ1) is 15.1. The van der Waals surface area contributed by atoms with Crippen LogP contribution in [0, 0.1) is 24.7 Å². The topological polar surface area (TPSA) is 66.0 Å². The minimum atomic E-state index is -0.811. The highest BCUT2D eigenvalue weighted by Gasteiger charge is 2.20. The lowest BCUT2D eigenvalue weighted by atomic mass is 10.1. The van der Waals surface area contributed by atoms with Gasteiger partial charge >= 0.3 is 0 Å². The molecular weight excluding hydrogens is 418 g/mol. The predicted octanol–water partition coefficient (Wildman–Crippen LogP) is 3.64. The van der Waals surface area contributed by atoms with E-state index in [2.05, 4.69) is 17.2 Å². The lowest BCUT2D eigenvalue weighted by Gasteiger charge is -2.17. The van der Waals surface area contributed by atoms with Gasteiger partial charge in [0.2, 0.25) is 0 Å². The first-order valence-corrected chi connectivity index (χ1v) is 9.92. The number of methoxy groups -OCH3 is 1. The average molecular weight is 442 g/mol. The highest BCUT2D eigenvalue weighted by molar-refractivity contribution is 6.30. The number of hydrogen-bond acceptors (Lipinski definition) is 5. The molecule has 0 aliphatic rings. The standard InChI is InChI=1S/C24H24ClNO5/c1-4-14-30-21-12-11-20(17-22(21)28-3)29-16-6-13-26-24(27)23(31-15-5-2)18-7-9-19(25)10-8-18/h1-2,7-12,17,23H,6,13-16H2,3H3,(H,26,27). The van der Waals surface area contributed by atoms with Crippen molar-refractivity contribution in [1.82, 2.24) is 5.32 Å². The Balaban J connectivity index is 1.82. The number of halogens is 1. The van der Waals surface area contributed by atoms with Crippen LogP contribution >= 0.6 is 11.6 Å². The highest BCUT2D eigenvalue weighted by atomic mass is 35.5. The fraction of sp³-hybridized carbons (Fsp3) is 0.292. The van der Waals surface area contributed by atoms with E-state index in [-0.39, 0.29) is 19.1 Å². The lowest BCUT2D eigenvalue weighted by molar-refractivity contribution is -0.132. The third kappa shape index (κ3) is 7.79. The Morgan fingerprint density at radius 2 is 1.81 bits per heavy atom. The molecule has 0 saturated heterocycles. The molecule has 2 rings (SSSR count). The lowest BCUT2D eigenvalue weighted by Crippen LogP contribution is -2.32. The van der Waals surface area contributed by atoms with Gasteiger partial charge < -0.3 is 24.3 Å². The summed E-state index contributed by atoms with van der Waals surface area (Å²) in [6.45, 7) is 0.971. The third-order valence-electron chi connectivity index (χ3n) is 4.08. The number of ether oxygens (including phenoxy) is 4. The van der Waals surface area contributed by atoms with Crippen LogP contribution in [0.15, 0.2) is 42.5 Å². The zero-order chi connectivity index (χ0) is 22.5. The van der Waals surface area contributed by atoms with Gasteiger partial charge in [0.15, 0.2) is 17.6 Å². The van der Waals surface area contributed by atoms with Crippen LogP contribution in [-0.2, 0) is 9.53 Å². The molecule has 0 fully saturated rings. The smallest absolute Gasteiger partial charge is 0.253 e. The van der Waals surface area contributed by atoms with Gasteiger partial charge in [-0.25, -0.2) is 0 Å². The van der Waals surface area contributed by atoms with E-state index >= 15 is 0 Å². The second-order valence-corrected chi connectivity index (χ2v) is 6.68. The summed E-state index contributed by atoms with van der Waals surface area (Å²) in [5.74, 6) is 6.18. The summed E-state index contributed by atoms with van der Waals surface area (Å²) < 4.78 is 21.9. The molecule has 7 heteroatoms. The van der Waals surface area contributed by atoms with Gasteiger partial charge in [0.25, 0.3) is 5.91 Å². The first-order valence-electron chi connectivity index (χ1n) is 9.54. The Bertz CT molecular complexity index is 930. The zero-order valence-corrected chi connectivity index (χ0v) is 18.0. The van der Waals surface area contributed by atoms with E-state index in [1.54, 1.807) is 42.5 Å². The molecule has 31 heavy (non-hydrogen) atoms. The van der Waals surface area contributed by atoms with Gasteiger partial charge in [-0.3, -0.25) is 4.79 Å². The molecular formula is C24H24ClNO5. The fourth-order valence-corrected chi connectivity index (χ4v) is 2.76. The van der Waals surface area contributed by atoms with Gasteiger partial charge in [-0.1, -0.05) is 35.6 Å². The molecule has 0 aliphatic heterocycles. The summed E-state index contributed by atoms with van der Waals surface area (Å²) in [5, 5.41) is 3.41. The van der Waals surface area contributed by atoms with E-state index < -0.39 is 6.10 Å². The predicted molar refractivity (Wildman–Crippen MR) is 119 cm³/mol. The van der Waals surface area contributed by atoms with Crippen molar-refractivity contribution in [1.29, 1.82) is 0 Å². The monoisotopic (exact) mass is 441 g/mol. The SMILES string of the molecule is C#CCOc1ccc(OCCCNC(=O)C(OCC#C)c2ccc(Cl)cc2)cc1OC. The summed E-state index contributed by atoms with van der Waals surface area (Å²) in [6.07, 6.45) is 10.2. The average Bonchev–Trinajstić information content (AvgIpc) is 2.79. The number of rotatable bonds is 12.